The molecule has 114 valence electrons. The van der Waals surface area contributed by atoms with E-state index in [-0.39, 0.29) is 0 Å². The van der Waals surface area contributed by atoms with E-state index in [4.69, 9.17) is 9.47 Å². The quantitative estimate of drug-likeness (QED) is 0.725. The van der Waals surface area contributed by atoms with Crippen molar-refractivity contribution in [2.45, 2.75) is 20.8 Å². The molecule has 1 aromatic carbocycles. The summed E-state index contributed by atoms with van der Waals surface area (Å²) in [7, 11) is 1.60. The summed E-state index contributed by atoms with van der Waals surface area (Å²) in [6.07, 6.45) is 0. The number of nitrogens with zero attached hydrogens (tertiary/aromatic N) is 1. The normalized spacial score (nSPS) is 9.57. The number of carbonyl (C=O) groups is 1. The van der Waals surface area contributed by atoms with Gasteiger partial charge in [-0.25, -0.2) is 9.78 Å². The van der Waals surface area contributed by atoms with Crippen molar-refractivity contribution < 1.29 is 14.3 Å². The summed E-state index contributed by atoms with van der Waals surface area (Å²) >= 11 is 4.80. The third-order valence-electron chi connectivity index (χ3n) is 2.38. The molecule has 0 aliphatic heterocycles. The Morgan fingerprint density at radius 3 is 2.71 bits per heavy atom. The van der Waals surface area contributed by atoms with Gasteiger partial charge in [-0.15, -0.1) is 11.3 Å². The van der Waals surface area contributed by atoms with Crippen molar-refractivity contribution in [2.75, 3.05) is 13.7 Å². The molecule has 6 heteroatoms. The molecule has 1 aromatic heterocycles. The molecule has 0 spiro atoms. The Hall–Kier alpha value is -1.40. The lowest BCUT2D eigenvalue weighted by Gasteiger charge is -2.06. The van der Waals surface area contributed by atoms with Gasteiger partial charge in [0.05, 0.1) is 19.3 Å². The molecule has 0 N–H and O–H groups in total. The van der Waals surface area contributed by atoms with Gasteiger partial charge >= 0.3 is 5.97 Å². The SMILES string of the molecule is CC.CCOC(=O)c1csc(-c2cc(Br)ccc2OC)n1. The van der Waals surface area contributed by atoms with Gasteiger partial charge < -0.3 is 9.47 Å². The van der Waals surface area contributed by atoms with Gasteiger partial charge in [-0.3, -0.25) is 0 Å². The zero-order valence-corrected chi connectivity index (χ0v) is 14.9. The van der Waals surface area contributed by atoms with Crippen LogP contribution >= 0.6 is 27.3 Å². The molecule has 2 aromatic rings. The molecule has 2 rings (SSSR count). The number of aromatic nitrogens is 1. The zero-order chi connectivity index (χ0) is 15.8. The van der Waals surface area contributed by atoms with Crippen LogP contribution in [0.15, 0.2) is 28.1 Å². The summed E-state index contributed by atoms with van der Waals surface area (Å²) in [5.74, 6) is 0.312. The van der Waals surface area contributed by atoms with E-state index in [1.165, 1.54) is 11.3 Å². The number of carbonyl (C=O) groups excluding carboxylic acids is 1. The molecule has 1 heterocycles. The lowest BCUT2D eigenvalue weighted by atomic mass is 10.2. The van der Waals surface area contributed by atoms with Crippen molar-refractivity contribution >= 4 is 33.2 Å². The molecule has 0 amide bonds. The van der Waals surface area contributed by atoms with Crippen molar-refractivity contribution in [1.29, 1.82) is 0 Å². The highest BCUT2D eigenvalue weighted by Crippen LogP contribution is 2.34. The van der Waals surface area contributed by atoms with E-state index < -0.39 is 5.97 Å². The first-order valence-electron chi connectivity index (χ1n) is 6.62. The Morgan fingerprint density at radius 2 is 2.10 bits per heavy atom. The fourth-order valence-electron chi connectivity index (χ4n) is 1.54. The standard InChI is InChI=1S/C13H12BrNO3S.C2H6/c1-3-18-13(16)10-7-19-12(15-10)9-6-8(14)4-5-11(9)17-2;1-2/h4-7H,3H2,1-2H3;1-2H3. The smallest absolute Gasteiger partial charge is 0.357 e. The fourth-order valence-corrected chi connectivity index (χ4v) is 2.71. The molecule has 0 bridgehead atoms. The third kappa shape index (κ3) is 4.54. The van der Waals surface area contributed by atoms with Crippen molar-refractivity contribution in [3.63, 3.8) is 0 Å². The monoisotopic (exact) mass is 371 g/mol. The Kier molecular flexibility index (Phi) is 7.39. The van der Waals surface area contributed by atoms with Crippen LogP contribution in [0.25, 0.3) is 10.6 Å². The topological polar surface area (TPSA) is 48.4 Å². The summed E-state index contributed by atoms with van der Waals surface area (Å²) in [6, 6.07) is 5.65. The number of halogens is 1. The third-order valence-corrected chi connectivity index (χ3v) is 3.75. The molecular weight excluding hydrogens is 354 g/mol. The van der Waals surface area contributed by atoms with Gasteiger partial charge in [0, 0.05) is 9.85 Å². The van der Waals surface area contributed by atoms with Gasteiger partial charge in [0.15, 0.2) is 5.69 Å². The molecule has 4 nitrogen and oxygen atoms in total. The molecule has 0 saturated heterocycles. The number of hydrogen-bond donors (Lipinski definition) is 0. The summed E-state index contributed by atoms with van der Waals surface area (Å²) < 4.78 is 11.2. The maximum atomic E-state index is 11.6. The molecule has 0 aliphatic rings. The van der Waals surface area contributed by atoms with Crippen LogP contribution in [-0.2, 0) is 4.74 Å². The minimum absolute atomic E-state index is 0.323. The van der Waals surface area contributed by atoms with E-state index in [9.17, 15) is 4.79 Å². The van der Waals surface area contributed by atoms with Crippen molar-refractivity contribution in [2.24, 2.45) is 0 Å². The Balaban J connectivity index is 0.00000106. The van der Waals surface area contributed by atoms with Crippen LogP contribution in [0.2, 0.25) is 0 Å². The van der Waals surface area contributed by atoms with E-state index in [1.54, 1.807) is 19.4 Å². The number of methoxy groups -OCH3 is 1. The molecule has 0 saturated carbocycles. The number of rotatable bonds is 4. The number of esters is 1. The summed E-state index contributed by atoms with van der Waals surface area (Å²) in [5, 5.41) is 2.41. The predicted octanol–water partition coefficient (Wildman–Crippen LogP) is 4.78. The lowest BCUT2D eigenvalue weighted by molar-refractivity contribution is 0.0520. The van der Waals surface area contributed by atoms with E-state index in [0.29, 0.717) is 18.1 Å². The van der Waals surface area contributed by atoms with Crippen LogP contribution < -0.4 is 4.74 Å². The molecule has 21 heavy (non-hydrogen) atoms. The summed E-state index contributed by atoms with van der Waals surface area (Å²) in [6.45, 7) is 6.11. The van der Waals surface area contributed by atoms with Gasteiger partial charge in [-0.2, -0.15) is 0 Å². The highest BCUT2D eigenvalue weighted by molar-refractivity contribution is 9.10. The highest BCUT2D eigenvalue weighted by atomic mass is 79.9. The average molecular weight is 372 g/mol. The largest absolute Gasteiger partial charge is 0.496 e. The van der Waals surface area contributed by atoms with Gasteiger partial charge in [0.25, 0.3) is 0 Å². The van der Waals surface area contributed by atoms with E-state index in [1.807, 2.05) is 32.0 Å². The van der Waals surface area contributed by atoms with Crippen LogP contribution in [0, 0.1) is 0 Å². The zero-order valence-electron chi connectivity index (χ0n) is 12.5. The lowest BCUT2D eigenvalue weighted by Crippen LogP contribution is -2.04. The van der Waals surface area contributed by atoms with Gasteiger partial charge in [-0.1, -0.05) is 29.8 Å². The Morgan fingerprint density at radius 1 is 1.38 bits per heavy atom. The number of thiazole rings is 1. The van der Waals surface area contributed by atoms with Crippen LogP contribution in [-0.4, -0.2) is 24.7 Å². The molecular formula is C15H18BrNO3S. The maximum absolute atomic E-state index is 11.6. The van der Waals surface area contributed by atoms with Crippen molar-refractivity contribution in [3.8, 4) is 16.3 Å². The maximum Gasteiger partial charge on any atom is 0.357 e. The molecule has 0 atom stereocenters. The molecule has 0 radical (unpaired) electrons. The molecule has 0 aliphatic carbocycles. The van der Waals surface area contributed by atoms with Crippen LogP contribution in [0.1, 0.15) is 31.3 Å². The number of hydrogen-bond acceptors (Lipinski definition) is 5. The first-order chi connectivity index (χ1) is 10.2. The highest BCUT2D eigenvalue weighted by Gasteiger charge is 2.15. The van der Waals surface area contributed by atoms with Gasteiger partial charge in [0.1, 0.15) is 10.8 Å². The van der Waals surface area contributed by atoms with Gasteiger partial charge in [-0.05, 0) is 25.1 Å². The van der Waals surface area contributed by atoms with Crippen molar-refractivity contribution in [3.05, 3.63) is 33.7 Å². The Labute approximate surface area is 137 Å². The second-order valence-corrected chi connectivity index (χ2v) is 5.38. The second-order valence-electron chi connectivity index (χ2n) is 3.60. The number of benzene rings is 1. The average Bonchev–Trinajstić information content (AvgIpc) is 2.99. The Bertz CT molecular complexity index is 598. The second kappa shape index (κ2) is 8.79. The minimum atomic E-state index is -0.404. The number of ether oxygens (including phenoxy) is 2. The minimum Gasteiger partial charge on any atom is -0.496 e. The first-order valence-corrected chi connectivity index (χ1v) is 8.29. The van der Waals surface area contributed by atoms with Gasteiger partial charge in [0.2, 0.25) is 0 Å². The molecule has 0 fully saturated rings. The van der Waals surface area contributed by atoms with Crippen LogP contribution in [0.5, 0.6) is 5.75 Å². The van der Waals surface area contributed by atoms with Crippen LogP contribution in [0.4, 0.5) is 0 Å². The van der Waals surface area contributed by atoms with E-state index in [0.717, 1.165) is 15.0 Å². The first kappa shape index (κ1) is 17.7. The summed E-state index contributed by atoms with van der Waals surface area (Å²) in [4.78, 5) is 15.9. The van der Waals surface area contributed by atoms with Crippen molar-refractivity contribution in [1.82, 2.24) is 4.98 Å². The van der Waals surface area contributed by atoms with E-state index in [2.05, 4.69) is 20.9 Å². The fraction of sp³-hybridized carbons (Fsp3) is 0.333. The molecule has 0 unspecified atom stereocenters. The van der Waals surface area contributed by atoms with E-state index >= 15 is 0 Å². The van der Waals surface area contributed by atoms with Crippen LogP contribution in [0.3, 0.4) is 0 Å². The predicted molar refractivity (Wildman–Crippen MR) is 89.1 cm³/mol. The summed E-state index contributed by atoms with van der Waals surface area (Å²) in [5.41, 5.74) is 1.17.